The molecule has 1 aromatic rings. The van der Waals surface area contributed by atoms with Gasteiger partial charge in [-0.15, -0.1) is 24.0 Å². The molecule has 3 rings (SSSR count). The summed E-state index contributed by atoms with van der Waals surface area (Å²) in [5, 5.41) is 7.17. The van der Waals surface area contributed by atoms with Crippen LogP contribution in [0.2, 0.25) is 0 Å². The molecule has 0 unspecified atom stereocenters. The zero-order valence-corrected chi connectivity index (χ0v) is 20.5. The zero-order chi connectivity index (χ0) is 19.8. The van der Waals surface area contributed by atoms with Crippen LogP contribution in [0.15, 0.2) is 27.8 Å². The number of nitrogens with zero attached hydrogens (tertiary/aromatic N) is 2. The molecule has 0 spiro atoms. The van der Waals surface area contributed by atoms with Gasteiger partial charge < -0.3 is 15.1 Å². The van der Waals surface area contributed by atoms with Crippen LogP contribution in [0.1, 0.15) is 57.6 Å². The second-order valence-corrected chi connectivity index (χ2v) is 10.0. The van der Waals surface area contributed by atoms with Gasteiger partial charge >= 0.3 is 0 Å². The Labute approximate surface area is 192 Å². The lowest BCUT2D eigenvalue weighted by Gasteiger charge is -2.33. The molecule has 1 saturated heterocycles. The second kappa shape index (κ2) is 12.1. The SMILES string of the molecule is CCS(=O)(=O)N1CCC(NC(=NCCc2ccco2)NC2CCCCC2)CC1.I. The molecule has 2 aliphatic rings. The van der Waals surface area contributed by atoms with Crippen LogP contribution in [0.3, 0.4) is 0 Å². The average molecular weight is 538 g/mol. The third-order valence-electron chi connectivity index (χ3n) is 5.71. The monoisotopic (exact) mass is 538 g/mol. The van der Waals surface area contributed by atoms with Crippen molar-refractivity contribution in [1.29, 1.82) is 0 Å². The van der Waals surface area contributed by atoms with Crippen LogP contribution in [0, 0.1) is 0 Å². The number of rotatable bonds is 7. The molecule has 2 N–H and O–H groups in total. The molecule has 2 fully saturated rings. The number of nitrogens with one attached hydrogen (secondary N) is 2. The van der Waals surface area contributed by atoms with Crippen molar-refractivity contribution in [3.8, 4) is 0 Å². The molecule has 1 aliphatic heterocycles. The van der Waals surface area contributed by atoms with Crippen molar-refractivity contribution < 1.29 is 12.8 Å². The van der Waals surface area contributed by atoms with E-state index in [0.717, 1.165) is 31.0 Å². The van der Waals surface area contributed by atoms with E-state index in [0.29, 0.717) is 25.7 Å². The minimum atomic E-state index is -3.09. The van der Waals surface area contributed by atoms with Gasteiger partial charge in [0, 0.05) is 38.1 Å². The molecular weight excluding hydrogens is 503 g/mol. The van der Waals surface area contributed by atoms with E-state index in [1.165, 1.54) is 32.1 Å². The van der Waals surface area contributed by atoms with E-state index in [-0.39, 0.29) is 35.8 Å². The van der Waals surface area contributed by atoms with Gasteiger partial charge in [0.2, 0.25) is 10.0 Å². The van der Waals surface area contributed by atoms with Gasteiger partial charge in [0.15, 0.2) is 5.96 Å². The molecule has 0 radical (unpaired) electrons. The van der Waals surface area contributed by atoms with Crippen LogP contribution in [0.5, 0.6) is 0 Å². The number of hydrogen-bond acceptors (Lipinski definition) is 4. The molecule has 0 aromatic carbocycles. The summed E-state index contributed by atoms with van der Waals surface area (Å²) < 4.78 is 31.1. The van der Waals surface area contributed by atoms with Gasteiger partial charge in [0.05, 0.1) is 12.0 Å². The van der Waals surface area contributed by atoms with Crippen molar-refractivity contribution in [3.05, 3.63) is 24.2 Å². The van der Waals surface area contributed by atoms with Gasteiger partial charge in [0.25, 0.3) is 0 Å². The first kappa shape index (κ1) is 24.5. The fraction of sp³-hybridized carbons (Fsp3) is 0.750. The van der Waals surface area contributed by atoms with Crippen LogP contribution in [-0.2, 0) is 16.4 Å². The van der Waals surface area contributed by atoms with Gasteiger partial charge in [-0.3, -0.25) is 4.99 Å². The van der Waals surface area contributed by atoms with E-state index in [1.54, 1.807) is 17.5 Å². The molecule has 1 aliphatic carbocycles. The molecule has 7 nitrogen and oxygen atoms in total. The number of aliphatic imine (C=N–C) groups is 1. The first-order valence-electron chi connectivity index (χ1n) is 10.6. The highest BCUT2D eigenvalue weighted by molar-refractivity contribution is 14.0. The van der Waals surface area contributed by atoms with E-state index >= 15 is 0 Å². The van der Waals surface area contributed by atoms with Crippen molar-refractivity contribution in [2.45, 2.75) is 70.4 Å². The maximum Gasteiger partial charge on any atom is 0.213 e. The predicted octanol–water partition coefficient (Wildman–Crippen LogP) is 3.12. The summed E-state index contributed by atoms with van der Waals surface area (Å²) in [6.45, 7) is 3.53. The van der Waals surface area contributed by atoms with Crippen molar-refractivity contribution >= 4 is 40.0 Å². The molecule has 9 heteroatoms. The number of hydrogen-bond donors (Lipinski definition) is 2. The van der Waals surface area contributed by atoms with E-state index < -0.39 is 10.0 Å². The quantitative estimate of drug-likeness (QED) is 0.317. The van der Waals surface area contributed by atoms with Gasteiger partial charge in [-0.2, -0.15) is 0 Å². The van der Waals surface area contributed by atoms with Crippen molar-refractivity contribution in [1.82, 2.24) is 14.9 Å². The number of piperidine rings is 1. The van der Waals surface area contributed by atoms with Crippen molar-refractivity contribution in [2.75, 3.05) is 25.4 Å². The van der Waals surface area contributed by atoms with Gasteiger partial charge in [-0.05, 0) is 44.7 Å². The highest BCUT2D eigenvalue weighted by atomic mass is 127. The third-order valence-corrected chi connectivity index (χ3v) is 7.59. The van der Waals surface area contributed by atoms with E-state index in [1.807, 2.05) is 12.1 Å². The van der Waals surface area contributed by atoms with E-state index in [4.69, 9.17) is 9.41 Å². The summed E-state index contributed by atoms with van der Waals surface area (Å²) in [6, 6.07) is 4.60. The number of guanidine groups is 1. The summed E-state index contributed by atoms with van der Waals surface area (Å²) in [4.78, 5) is 4.77. The van der Waals surface area contributed by atoms with Crippen LogP contribution >= 0.6 is 24.0 Å². The molecule has 2 heterocycles. The van der Waals surface area contributed by atoms with Gasteiger partial charge in [-0.25, -0.2) is 12.7 Å². The van der Waals surface area contributed by atoms with E-state index in [9.17, 15) is 8.42 Å². The Bertz CT molecular complexity index is 710. The number of furan rings is 1. The fourth-order valence-electron chi connectivity index (χ4n) is 3.96. The molecule has 166 valence electrons. The lowest BCUT2D eigenvalue weighted by atomic mass is 9.96. The van der Waals surface area contributed by atoms with Crippen LogP contribution < -0.4 is 10.6 Å². The van der Waals surface area contributed by atoms with Gasteiger partial charge in [-0.1, -0.05) is 19.3 Å². The van der Waals surface area contributed by atoms with Crippen LogP contribution in [0.4, 0.5) is 0 Å². The third kappa shape index (κ3) is 7.75. The normalized spacial score (nSPS) is 20.2. The minimum Gasteiger partial charge on any atom is -0.469 e. The minimum absolute atomic E-state index is 0. The highest BCUT2D eigenvalue weighted by Gasteiger charge is 2.27. The Hall–Kier alpha value is -0.810. The average Bonchev–Trinajstić information content (AvgIpc) is 3.23. The summed E-state index contributed by atoms with van der Waals surface area (Å²) in [5.41, 5.74) is 0. The molecule has 1 saturated carbocycles. The lowest BCUT2D eigenvalue weighted by molar-refractivity contribution is 0.305. The van der Waals surface area contributed by atoms with Crippen molar-refractivity contribution in [2.24, 2.45) is 4.99 Å². The van der Waals surface area contributed by atoms with Crippen LogP contribution in [0.25, 0.3) is 0 Å². The Morgan fingerprint density at radius 1 is 1.14 bits per heavy atom. The zero-order valence-electron chi connectivity index (χ0n) is 17.3. The molecule has 0 atom stereocenters. The number of halogens is 1. The largest absolute Gasteiger partial charge is 0.469 e. The van der Waals surface area contributed by atoms with Crippen molar-refractivity contribution in [3.63, 3.8) is 0 Å². The second-order valence-electron chi connectivity index (χ2n) is 7.76. The Morgan fingerprint density at radius 2 is 1.79 bits per heavy atom. The lowest BCUT2D eigenvalue weighted by Crippen LogP contribution is -2.52. The fourth-order valence-corrected chi connectivity index (χ4v) is 5.09. The molecule has 0 amide bonds. The predicted molar refractivity (Wildman–Crippen MR) is 127 cm³/mol. The smallest absolute Gasteiger partial charge is 0.213 e. The molecule has 1 aromatic heterocycles. The molecule has 0 bridgehead atoms. The maximum atomic E-state index is 12.1. The van der Waals surface area contributed by atoms with Gasteiger partial charge in [0.1, 0.15) is 5.76 Å². The summed E-state index contributed by atoms with van der Waals surface area (Å²) >= 11 is 0. The summed E-state index contributed by atoms with van der Waals surface area (Å²) in [7, 11) is -3.09. The summed E-state index contributed by atoms with van der Waals surface area (Å²) in [6.07, 6.45) is 10.3. The molecular formula is C20H35IN4O3S. The molecule has 29 heavy (non-hydrogen) atoms. The Balaban J connectivity index is 0.00000300. The van der Waals surface area contributed by atoms with E-state index in [2.05, 4.69) is 10.6 Å². The topological polar surface area (TPSA) is 86.9 Å². The Morgan fingerprint density at radius 3 is 2.38 bits per heavy atom. The first-order valence-corrected chi connectivity index (χ1v) is 12.3. The highest BCUT2D eigenvalue weighted by Crippen LogP contribution is 2.18. The first-order chi connectivity index (χ1) is 13.6. The van der Waals surface area contributed by atoms with Crippen LogP contribution in [-0.4, -0.2) is 56.2 Å². The maximum absolute atomic E-state index is 12.1. The summed E-state index contributed by atoms with van der Waals surface area (Å²) in [5.74, 6) is 1.97. The standard InChI is InChI=1S/C20H34N4O3S.HI/c1-2-28(25,26)24-14-11-18(12-15-24)23-20(22-17-7-4-3-5-8-17)21-13-10-19-9-6-16-27-19;/h6,9,16-18H,2-5,7-8,10-15H2,1H3,(H2,21,22,23);1H. The Kier molecular flexibility index (Phi) is 10.2. The number of sulfonamides is 1.